The lowest BCUT2D eigenvalue weighted by atomic mass is 10.2. The fourth-order valence-electron chi connectivity index (χ4n) is 3.20. The number of ether oxygens (including phenoxy) is 1. The number of carbonyl (C=O) groups excluding carboxylic acids is 1. The maximum absolute atomic E-state index is 13.6. The van der Waals surface area contributed by atoms with Gasteiger partial charge in [0.05, 0.1) is 22.6 Å². The number of amides is 1. The standard InChI is InChI=1S/C23H22ClN3O6S/c1-15-7-12-19(13-22(15)27(29)30)34(31,32)26(17-8-10-18(33-3)11-9-17)14-23(28)25-21-6-4-5-20(24)16(21)2/h4-13H,14H2,1-3H3,(H,25,28). The van der Waals surface area contributed by atoms with Crippen LogP contribution in [-0.4, -0.2) is 32.9 Å². The van der Waals surface area contributed by atoms with Gasteiger partial charge in [0, 0.05) is 22.3 Å². The molecule has 178 valence electrons. The Bertz CT molecular complexity index is 1340. The number of sulfonamides is 1. The number of benzene rings is 3. The average Bonchev–Trinajstić information content (AvgIpc) is 2.80. The highest BCUT2D eigenvalue weighted by Crippen LogP contribution is 2.29. The summed E-state index contributed by atoms with van der Waals surface area (Å²) in [4.78, 5) is 23.3. The number of anilines is 2. The van der Waals surface area contributed by atoms with Crippen LogP contribution in [0.25, 0.3) is 0 Å². The lowest BCUT2D eigenvalue weighted by Crippen LogP contribution is -2.38. The molecule has 3 aromatic rings. The molecule has 0 aromatic heterocycles. The molecular formula is C23H22ClN3O6S. The summed E-state index contributed by atoms with van der Waals surface area (Å²) < 4.78 is 33.1. The molecule has 0 saturated heterocycles. The van der Waals surface area contributed by atoms with Gasteiger partial charge in [0.1, 0.15) is 12.3 Å². The van der Waals surface area contributed by atoms with Gasteiger partial charge in [-0.2, -0.15) is 0 Å². The van der Waals surface area contributed by atoms with E-state index in [2.05, 4.69) is 5.32 Å². The normalized spacial score (nSPS) is 11.1. The molecule has 0 unspecified atom stereocenters. The van der Waals surface area contributed by atoms with Crippen LogP contribution in [-0.2, 0) is 14.8 Å². The lowest BCUT2D eigenvalue weighted by molar-refractivity contribution is -0.385. The quantitative estimate of drug-likeness (QED) is 0.351. The van der Waals surface area contributed by atoms with E-state index in [9.17, 15) is 23.3 Å². The summed E-state index contributed by atoms with van der Waals surface area (Å²) in [6.45, 7) is 2.65. The Morgan fingerprint density at radius 2 is 1.79 bits per heavy atom. The summed E-state index contributed by atoms with van der Waals surface area (Å²) >= 11 is 6.11. The molecule has 0 aliphatic carbocycles. The Labute approximate surface area is 202 Å². The van der Waals surface area contributed by atoms with Crippen molar-refractivity contribution in [3.05, 3.63) is 86.9 Å². The van der Waals surface area contributed by atoms with Gasteiger partial charge in [-0.15, -0.1) is 0 Å². The van der Waals surface area contributed by atoms with Crippen molar-refractivity contribution in [2.24, 2.45) is 0 Å². The topological polar surface area (TPSA) is 119 Å². The average molecular weight is 504 g/mol. The third-order valence-corrected chi connectivity index (χ3v) is 7.33. The van der Waals surface area contributed by atoms with Crippen LogP contribution < -0.4 is 14.4 Å². The highest BCUT2D eigenvalue weighted by molar-refractivity contribution is 7.92. The van der Waals surface area contributed by atoms with Crippen LogP contribution in [0.5, 0.6) is 5.75 Å². The molecule has 0 spiro atoms. The van der Waals surface area contributed by atoms with Gasteiger partial charge in [-0.1, -0.05) is 23.7 Å². The number of nitro benzene ring substituents is 1. The monoisotopic (exact) mass is 503 g/mol. The van der Waals surface area contributed by atoms with Crippen molar-refractivity contribution in [3.63, 3.8) is 0 Å². The molecule has 11 heteroatoms. The molecule has 0 fully saturated rings. The fraction of sp³-hybridized carbons (Fsp3) is 0.174. The van der Waals surface area contributed by atoms with Gasteiger partial charge in [0.25, 0.3) is 15.7 Å². The summed E-state index contributed by atoms with van der Waals surface area (Å²) in [7, 11) is -2.88. The first-order valence-electron chi connectivity index (χ1n) is 10.0. The van der Waals surface area contributed by atoms with Crippen molar-refractivity contribution in [2.45, 2.75) is 18.7 Å². The van der Waals surface area contributed by atoms with Gasteiger partial charge >= 0.3 is 0 Å². The second-order valence-electron chi connectivity index (χ2n) is 7.38. The molecule has 0 bridgehead atoms. The van der Waals surface area contributed by atoms with Crippen molar-refractivity contribution in [2.75, 3.05) is 23.3 Å². The highest BCUT2D eigenvalue weighted by atomic mass is 35.5. The number of halogens is 1. The summed E-state index contributed by atoms with van der Waals surface area (Å²) in [6, 6.07) is 14.7. The molecule has 34 heavy (non-hydrogen) atoms. The minimum Gasteiger partial charge on any atom is -0.497 e. The van der Waals surface area contributed by atoms with E-state index in [1.54, 1.807) is 37.3 Å². The number of hydrogen-bond acceptors (Lipinski definition) is 6. The van der Waals surface area contributed by atoms with E-state index >= 15 is 0 Å². The van der Waals surface area contributed by atoms with E-state index in [0.717, 1.165) is 10.4 Å². The van der Waals surface area contributed by atoms with Gasteiger partial charge in [0.2, 0.25) is 5.91 Å². The van der Waals surface area contributed by atoms with E-state index < -0.39 is 27.4 Å². The minimum atomic E-state index is -4.35. The van der Waals surface area contributed by atoms with Crippen LogP contribution in [0.1, 0.15) is 11.1 Å². The molecule has 3 aromatic carbocycles. The molecule has 0 atom stereocenters. The minimum absolute atomic E-state index is 0.182. The summed E-state index contributed by atoms with van der Waals surface area (Å²) in [5.74, 6) is -0.127. The number of nitrogens with one attached hydrogen (secondary N) is 1. The molecule has 0 radical (unpaired) electrons. The van der Waals surface area contributed by atoms with E-state index in [4.69, 9.17) is 16.3 Å². The van der Waals surface area contributed by atoms with Crippen molar-refractivity contribution >= 4 is 44.6 Å². The Hall–Kier alpha value is -3.63. The zero-order valence-electron chi connectivity index (χ0n) is 18.6. The number of nitro groups is 1. The van der Waals surface area contributed by atoms with Gasteiger partial charge in [-0.3, -0.25) is 19.2 Å². The number of nitrogens with zero attached hydrogens (tertiary/aromatic N) is 2. The van der Waals surface area contributed by atoms with Gasteiger partial charge in [-0.25, -0.2) is 8.42 Å². The zero-order chi connectivity index (χ0) is 25.0. The van der Waals surface area contributed by atoms with Crippen LogP contribution in [0.3, 0.4) is 0 Å². The Morgan fingerprint density at radius 3 is 2.41 bits per heavy atom. The molecular weight excluding hydrogens is 482 g/mol. The first-order chi connectivity index (χ1) is 16.0. The zero-order valence-corrected chi connectivity index (χ0v) is 20.2. The van der Waals surface area contributed by atoms with Crippen molar-refractivity contribution < 1.29 is 22.9 Å². The number of aryl methyl sites for hydroxylation is 1. The summed E-state index contributed by atoms with van der Waals surface area (Å²) in [6.07, 6.45) is 0. The van der Waals surface area contributed by atoms with Crippen LogP contribution in [0.15, 0.2) is 65.6 Å². The summed E-state index contributed by atoms with van der Waals surface area (Å²) in [5.41, 5.74) is 1.23. The smallest absolute Gasteiger partial charge is 0.273 e. The highest BCUT2D eigenvalue weighted by Gasteiger charge is 2.29. The second kappa shape index (κ2) is 10.1. The SMILES string of the molecule is COc1ccc(N(CC(=O)Nc2cccc(Cl)c2C)S(=O)(=O)c2ccc(C)c([N+](=O)[O-])c2)cc1. The van der Waals surface area contributed by atoms with Crippen LogP contribution >= 0.6 is 11.6 Å². The predicted octanol–water partition coefficient (Wildman–Crippen LogP) is 4.71. The number of rotatable bonds is 8. The van der Waals surface area contributed by atoms with E-state index in [0.29, 0.717) is 27.6 Å². The molecule has 0 aliphatic rings. The van der Waals surface area contributed by atoms with Crippen molar-refractivity contribution in [1.82, 2.24) is 0 Å². The maximum Gasteiger partial charge on any atom is 0.273 e. The first kappa shape index (κ1) is 25.0. The van der Waals surface area contributed by atoms with E-state index in [-0.39, 0.29) is 16.3 Å². The van der Waals surface area contributed by atoms with E-state index in [1.807, 2.05) is 0 Å². The van der Waals surface area contributed by atoms with Crippen LogP contribution in [0.4, 0.5) is 17.1 Å². The number of carbonyl (C=O) groups is 1. The van der Waals surface area contributed by atoms with Crippen LogP contribution in [0, 0.1) is 24.0 Å². The van der Waals surface area contributed by atoms with Crippen molar-refractivity contribution in [3.8, 4) is 5.75 Å². The largest absolute Gasteiger partial charge is 0.497 e. The van der Waals surface area contributed by atoms with Gasteiger partial charge < -0.3 is 10.1 Å². The molecule has 0 saturated carbocycles. The molecule has 0 aliphatic heterocycles. The first-order valence-corrected chi connectivity index (χ1v) is 11.8. The fourth-order valence-corrected chi connectivity index (χ4v) is 4.82. The van der Waals surface area contributed by atoms with E-state index in [1.165, 1.54) is 38.3 Å². The lowest BCUT2D eigenvalue weighted by Gasteiger charge is -2.24. The summed E-state index contributed by atoms with van der Waals surface area (Å²) in [5, 5.41) is 14.5. The molecule has 1 amide bonds. The molecule has 3 rings (SSSR count). The molecule has 0 heterocycles. The molecule has 9 nitrogen and oxygen atoms in total. The van der Waals surface area contributed by atoms with Crippen molar-refractivity contribution in [1.29, 1.82) is 0 Å². The second-order valence-corrected chi connectivity index (χ2v) is 9.65. The third kappa shape index (κ3) is 5.29. The third-order valence-electron chi connectivity index (χ3n) is 5.15. The Kier molecular flexibility index (Phi) is 7.43. The number of hydrogen-bond donors (Lipinski definition) is 1. The Morgan fingerprint density at radius 1 is 1.12 bits per heavy atom. The van der Waals surface area contributed by atoms with Gasteiger partial charge in [0.15, 0.2) is 0 Å². The predicted molar refractivity (Wildman–Crippen MR) is 130 cm³/mol. The van der Waals surface area contributed by atoms with Gasteiger partial charge in [-0.05, 0) is 61.9 Å². The molecule has 1 N–H and O–H groups in total. The maximum atomic E-state index is 13.6. The number of methoxy groups -OCH3 is 1. The van der Waals surface area contributed by atoms with Crippen LogP contribution in [0.2, 0.25) is 5.02 Å². The Balaban J connectivity index is 2.03.